The first kappa shape index (κ1) is 14.7. The van der Waals surface area contributed by atoms with Crippen molar-refractivity contribution < 1.29 is 9.18 Å². The number of rotatable bonds is 2. The minimum Gasteiger partial charge on any atom is -0.295 e. The molecule has 1 heterocycles. The molecule has 1 atom stereocenters. The highest BCUT2D eigenvalue weighted by atomic mass is 35.5. The van der Waals surface area contributed by atoms with Crippen LogP contribution in [0.3, 0.4) is 0 Å². The van der Waals surface area contributed by atoms with Gasteiger partial charge in [-0.2, -0.15) is 0 Å². The summed E-state index contributed by atoms with van der Waals surface area (Å²) in [5.74, 6) is -0.135. The number of hydrogen-bond donors (Lipinski definition) is 0. The number of nitrogens with zero attached hydrogens (tertiary/aromatic N) is 1. The highest BCUT2D eigenvalue weighted by Crippen LogP contribution is 2.45. The standard InChI is InChI=1S/C15H10Cl2FNOS/c16-12-6-2-5-11(14(12)17)15-19(13(20)8-21-15)10-4-1-3-9(18)7-10/h1-7,15H,8H2/t15-/m0/s1. The summed E-state index contributed by atoms with van der Waals surface area (Å²) in [5, 5.41) is 0.562. The van der Waals surface area contributed by atoms with Gasteiger partial charge in [0.05, 0.1) is 15.8 Å². The Kier molecular flexibility index (Phi) is 4.11. The van der Waals surface area contributed by atoms with Gasteiger partial charge in [-0.25, -0.2) is 4.39 Å². The zero-order valence-electron chi connectivity index (χ0n) is 10.7. The van der Waals surface area contributed by atoms with Crippen molar-refractivity contribution in [1.82, 2.24) is 0 Å². The van der Waals surface area contributed by atoms with Gasteiger partial charge in [-0.1, -0.05) is 41.4 Å². The number of carbonyl (C=O) groups excluding carboxylic acids is 1. The van der Waals surface area contributed by atoms with Crippen LogP contribution in [-0.4, -0.2) is 11.7 Å². The number of thioether (sulfide) groups is 1. The van der Waals surface area contributed by atoms with E-state index in [9.17, 15) is 9.18 Å². The molecule has 2 nitrogen and oxygen atoms in total. The minimum absolute atomic E-state index is 0.0772. The third-order valence-corrected chi connectivity index (χ3v) is 5.23. The van der Waals surface area contributed by atoms with E-state index in [0.29, 0.717) is 21.5 Å². The normalized spacial score (nSPS) is 18.3. The van der Waals surface area contributed by atoms with Crippen LogP contribution in [0.5, 0.6) is 0 Å². The molecule has 0 radical (unpaired) electrons. The lowest BCUT2D eigenvalue weighted by Crippen LogP contribution is -2.28. The van der Waals surface area contributed by atoms with Crippen LogP contribution in [0.1, 0.15) is 10.9 Å². The lowest BCUT2D eigenvalue weighted by Gasteiger charge is -2.25. The van der Waals surface area contributed by atoms with Crippen LogP contribution in [-0.2, 0) is 4.79 Å². The van der Waals surface area contributed by atoms with Gasteiger partial charge in [-0.3, -0.25) is 9.69 Å². The van der Waals surface area contributed by atoms with Crippen molar-refractivity contribution in [3.63, 3.8) is 0 Å². The summed E-state index contributed by atoms with van der Waals surface area (Å²) in [4.78, 5) is 13.7. The van der Waals surface area contributed by atoms with Crippen molar-refractivity contribution in [2.45, 2.75) is 5.37 Å². The highest BCUT2D eigenvalue weighted by molar-refractivity contribution is 8.00. The smallest absolute Gasteiger partial charge is 0.238 e. The molecule has 108 valence electrons. The number of carbonyl (C=O) groups is 1. The molecule has 0 unspecified atom stereocenters. The quantitative estimate of drug-likeness (QED) is 0.773. The molecule has 21 heavy (non-hydrogen) atoms. The zero-order valence-corrected chi connectivity index (χ0v) is 13.1. The van der Waals surface area contributed by atoms with Crippen molar-refractivity contribution in [3.05, 3.63) is 63.9 Å². The molecule has 0 aliphatic carbocycles. The molecule has 0 bridgehead atoms. The van der Waals surface area contributed by atoms with E-state index in [1.165, 1.54) is 23.9 Å². The van der Waals surface area contributed by atoms with Gasteiger partial charge in [0.2, 0.25) is 5.91 Å². The SMILES string of the molecule is O=C1CS[C@@H](c2cccc(Cl)c2Cl)N1c1cccc(F)c1. The van der Waals surface area contributed by atoms with Crippen LogP contribution >= 0.6 is 35.0 Å². The fraction of sp³-hybridized carbons (Fsp3) is 0.133. The summed E-state index contributed by atoms with van der Waals surface area (Å²) in [5.41, 5.74) is 1.27. The first-order chi connectivity index (χ1) is 10.1. The van der Waals surface area contributed by atoms with Gasteiger partial charge in [0.1, 0.15) is 11.2 Å². The number of benzene rings is 2. The van der Waals surface area contributed by atoms with Gasteiger partial charge >= 0.3 is 0 Å². The van der Waals surface area contributed by atoms with Gasteiger partial charge in [0.25, 0.3) is 0 Å². The Morgan fingerprint density at radius 1 is 1.19 bits per heavy atom. The molecule has 3 rings (SSSR count). The van der Waals surface area contributed by atoms with E-state index >= 15 is 0 Å². The Morgan fingerprint density at radius 3 is 2.71 bits per heavy atom. The fourth-order valence-electron chi connectivity index (χ4n) is 2.27. The molecule has 0 N–H and O–H groups in total. The van der Waals surface area contributed by atoms with Crippen LogP contribution in [0, 0.1) is 5.82 Å². The second kappa shape index (κ2) is 5.87. The Morgan fingerprint density at radius 2 is 1.95 bits per heavy atom. The first-order valence-corrected chi connectivity index (χ1v) is 8.01. The second-order valence-corrected chi connectivity index (χ2v) is 6.40. The monoisotopic (exact) mass is 341 g/mol. The molecule has 6 heteroatoms. The third kappa shape index (κ3) is 2.76. The third-order valence-electron chi connectivity index (χ3n) is 3.20. The number of anilines is 1. The lowest BCUT2D eigenvalue weighted by molar-refractivity contribution is -0.115. The Labute approximate surface area is 135 Å². The van der Waals surface area contributed by atoms with E-state index < -0.39 is 0 Å². The predicted molar refractivity (Wildman–Crippen MR) is 85.5 cm³/mol. The van der Waals surface area contributed by atoms with Gasteiger partial charge < -0.3 is 0 Å². The molecule has 1 aliphatic rings. The van der Waals surface area contributed by atoms with E-state index in [0.717, 1.165) is 5.56 Å². The molecule has 1 fully saturated rings. The fourth-order valence-corrected chi connectivity index (χ4v) is 3.95. The lowest BCUT2D eigenvalue weighted by atomic mass is 10.2. The van der Waals surface area contributed by atoms with Crippen LogP contribution in [0.15, 0.2) is 42.5 Å². The summed E-state index contributed by atoms with van der Waals surface area (Å²) in [6.45, 7) is 0. The van der Waals surface area contributed by atoms with Crippen LogP contribution in [0.4, 0.5) is 10.1 Å². The maximum Gasteiger partial charge on any atom is 0.238 e. The maximum absolute atomic E-state index is 13.4. The average molecular weight is 342 g/mol. The predicted octanol–water partition coefficient (Wildman–Crippen LogP) is 4.91. The summed E-state index contributed by atoms with van der Waals surface area (Å²) < 4.78 is 13.4. The maximum atomic E-state index is 13.4. The molecule has 0 saturated carbocycles. The van der Waals surface area contributed by atoms with Crippen LogP contribution in [0.2, 0.25) is 10.0 Å². The Hall–Kier alpha value is -1.23. The zero-order chi connectivity index (χ0) is 15.0. The number of amides is 1. The molecule has 1 saturated heterocycles. The number of halogens is 3. The van der Waals surface area contributed by atoms with Crippen molar-refractivity contribution >= 4 is 46.6 Å². The van der Waals surface area contributed by atoms with Gasteiger partial charge in [0, 0.05) is 11.3 Å². The van der Waals surface area contributed by atoms with Gasteiger partial charge in [0.15, 0.2) is 0 Å². The van der Waals surface area contributed by atoms with Crippen LogP contribution < -0.4 is 4.90 Å². The van der Waals surface area contributed by atoms with Gasteiger partial charge in [-0.05, 0) is 24.3 Å². The summed E-state index contributed by atoms with van der Waals surface area (Å²) >= 11 is 13.7. The van der Waals surface area contributed by atoms with Crippen molar-refractivity contribution in [1.29, 1.82) is 0 Å². The average Bonchev–Trinajstić information content (AvgIpc) is 2.83. The second-order valence-electron chi connectivity index (χ2n) is 4.55. The van der Waals surface area contributed by atoms with Crippen molar-refractivity contribution in [3.8, 4) is 0 Å². The van der Waals surface area contributed by atoms with Crippen molar-refractivity contribution in [2.24, 2.45) is 0 Å². The molecule has 1 amide bonds. The van der Waals surface area contributed by atoms with E-state index in [1.807, 2.05) is 6.07 Å². The van der Waals surface area contributed by atoms with Crippen molar-refractivity contribution in [2.75, 3.05) is 10.7 Å². The van der Waals surface area contributed by atoms with Crippen LogP contribution in [0.25, 0.3) is 0 Å². The molecule has 0 spiro atoms. The van der Waals surface area contributed by atoms with E-state index in [4.69, 9.17) is 23.2 Å². The Bertz CT molecular complexity index is 710. The minimum atomic E-state index is -0.381. The molecular formula is C15H10Cl2FNOS. The highest BCUT2D eigenvalue weighted by Gasteiger charge is 2.35. The van der Waals surface area contributed by atoms with E-state index in [1.54, 1.807) is 29.2 Å². The molecule has 1 aliphatic heterocycles. The molecule has 0 aromatic heterocycles. The molecule has 2 aromatic carbocycles. The largest absolute Gasteiger partial charge is 0.295 e. The van der Waals surface area contributed by atoms with E-state index in [-0.39, 0.29) is 17.1 Å². The molecule has 2 aromatic rings. The van der Waals surface area contributed by atoms with E-state index in [2.05, 4.69) is 0 Å². The summed E-state index contributed by atoms with van der Waals surface area (Å²) in [6, 6.07) is 11.3. The topological polar surface area (TPSA) is 20.3 Å². The first-order valence-electron chi connectivity index (χ1n) is 6.21. The summed E-state index contributed by atoms with van der Waals surface area (Å²) in [6.07, 6.45) is 0. The summed E-state index contributed by atoms with van der Waals surface area (Å²) in [7, 11) is 0. The Balaban J connectivity index is 2.06. The molecular weight excluding hydrogens is 332 g/mol. The van der Waals surface area contributed by atoms with Gasteiger partial charge in [-0.15, -0.1) is 11.8 Å². The number of hydrogen-bond acceptors (Lipinski definition) is 2.